The molecule has 20 heavy (non-hydrogen) atoms. The van der Waals surface area contributed by atoms with Crippen LogP contribution in [0.5, 0.6) is 5.75 Å². The van der Waals surface area contributed by atoms with Crippen LogP contribution >= 0.6 is 0 Å². The molecule has 0 amide bonds. The van der Waals surface area contributed by atoms with Gasteiger partial charge >= 0.3 is 6.18 Å². The van der Waals surface area contributed by atoms with Gasteiger partial charge < -0.3 is 14.9 Å². The average Bonchev–Trinajstić information content (AvgIpc) is 2.37. The van der Waals surface area contributed by atoms with Crippen LogP contribution in [0.3, 0.4) is 0 Å². The molecule has 3 nitrogen and oxygen atoms in total. The third-order valence-corrected chi connectivity index (χ3v) is 3.37. The van der Waals surface area contributed by atoms with Crippen LogP contribution in [-0.4, -0.2) is 35.7 Å². The largest absolute Gasteiger partial charge is 0.497 e. The number of alkyl halides is 3. The fourth-order valence-corrected chi connectivity index (χ4v) is 2.12. The molecule has 1 rings (SSSR count). The van der Waals surface area contributed by atoms with Crippen LogP contribution in [0.1, 0.15) is 25.8 Å². The number of benzene rings is 1. The molecular formula is C14H19F3O3. The van der Waals surface area contributed by atoms with Crippen molar-refractivity contribution in [3.8, 4) is 5.75 Å². The maximum absolute atomic E-state index is 12.9. The zero-order valence-corrected chi connectivity index (χ0v) is 11.7. The van der Waals surface area contributed by atoms with Crippen LogP contribution in [0, 0.1) is 0 Å². The fraction of sp³-hybridized carbons (Fsp3) is 0.571. The van der Waals surface area contributed by atoms with Crippen molar-refractivity contribution in [3.63, 3.8) is 0 Å². The van der Waals surface area contributed by atoms with Crippen molar-refractivity contribution in [1.29, 1.82) is 0 Å². The molecule has 0 fully saturated rings. The topological polar surface area (TPSA) is 49.7 Å². The summed E-state index contributed by atoms with van der Waals surface area (Å²) < 4.78 is 43.6. The van der Waals surface area contributed by atoms with Crippen molar-refractivity contribution in [2.75, 3.05) is 13.7 Å². The van der Waals surface area contributed by atoms with Gasteiger partial charge in [-0.2, -0.15) is 13.2 Å². The molecule has 0 radical (unpaired) electrons. The Bertz CT molecular complexity index is 457. The Morgan fingerprint density at radius 2 is 1.80 bits per heavy atom. The van der Waals surface area contributed by atoms with Crippen LogP contribution in [-0.2, 0) is 5.41 Å². The lowest BCUT2D eigenvalue weighted by molar-refractivity contribution is -0.277. The van der Waals surface area contributed by atoms with Crippen molar-refractivity contribution >= 4 is 0 Å². The lowest BCUT2D eigenvalue weighted by Gasteiger charge is -2.36. The van der Waals surface area contributed by atoms with Crippen LogP contribution in [0.25, 0.3) is 0 Å². The summed E-state index contributed by atoms with van der Waals surface area (Å²) in [6.07, 6.45) is -5.54. The number of rotatable bonds is 5. The summed E-state index contributed by atoms with van der Waals surface area (Å²) in [5, 5.41) is 18.6. The molecule has 0 saturated heterocycles. The van der Waals surface area contributed by atoms with E-state index in [1.807, 2.05) is 0 Å². The van der Waals surface area contributed by atoms with Crippen LogP contribution in [0.15, 0.2) is 24.3 Å². The Morgan fingerprint density at radius 3 is 2.25 bits per heavy atom. The summed E-state index contributed by atoms with van der Waals surface area (Å²) >= 11 is 0. The lowest BCUT2D eigenvalue weighted by Crippen LogP contribution is -2.51. The van der Waals surface area contributed by atoms with E-state index in [1.54, 1.807) is 38.1 Å². The molecule has 114 valence electrons. The monoisotopic (exact) mass is 292 g/mol. The van der Waals surface area contributed by atoms with Gasteiger partial charge in [0.05, 0.1) is 13.7 Å². The van der Waals surface area contributed by atoms with Crippen molar-refractivity contribution < 1.29 is 28.1 Å². The highest BCUT2D eigenvalue weighted by atomic mass is 19.4. The average molecular weight is 292 g/mol. The van der Waals surface area contributed by atoms with Gasteiger partial charge in [0.15, 0.2) is 5.60 Å². The Balaban J connectivity index is 3.09. The smallest absolute Gasteiger partial charge is 0.419 e. The van der Waals surface area contributed by atoms with Gasteiger partial charge in [0, 0.05) is 0 Å². The van der Waals surface area contributed by atoms with E-state index in [1.165, 1.54) is 7.11 Å². The Morgan fingerprint density at radius 1 is 1.20 bits per heavy atom. The molecule has 6 heteroatoms. The molecule has 0 aliphatic heterocycles. The molecule has 0 spiro atoms. The number of halogens is 3. The quantitative estimate of drug-likeness (QED) is 0.877. The van der Waals surface area contributed by atoms with Crippen molar-refractivity contribution in [2.45, 2.75) is 37.5 Å². The lowest BCUT2D eigenvalue weighted by atomic mass is 9.75. The maximum atomic E-state index is 12.9. The molecule has 1 aromatic carbocycles. The van der Waals surface area contributed by atoms with E-state index in [4.69, 9.17) is 9.84 Å². The standard InChI is InChI=1S/C14H19F3O3/c1-12(2,8-13(19,9-18)14(15,16)17)10-5-4-6-11(7-10)20-3/h4-7,18-19H,8-9H2,1-3H3/t13-/m1/s1. The summed E-state index contributed by atoms with van der Waals surface area (Å²) in [5.74, 6) is 0.523. The summed E-state index contributed by atoms with van der Waals surface area (Å²) in [7, 11) is 1.46. The Labute approximate surface area is 116 Å². The van der Waals surface area contributed by atoms with E-state index in [0.29, 0.717) is 11.3 Å². The van der Waals surface area contributed by atoms with Gasteiger partial charge in [-0.1, -0.05) is 26.0 Å². The molecule has 0 saturated carbocycles. The number of methoxy groups -OCH3 is 1. The minimum absolute atomic E-state index is 0.523. The van der Waals surface area contributed by atoms with E-state index >= 15 is 0 Å². The third kappa shape index (κ3) is 3.43. The van der Waals surface area contributed by atoms with Gasteiger partial charge in [-0.15, -0.1) is 0 Å². The molecule has 0 unspecified atom stereocenters. The second-order valence-corrected chi connectivity index (χ2v) is 5.48. The third-order valence-electron chi connectivity index (χ3n) is 3.37. The SMILES string of the molecule is COc1cccc(C(C)(C)C[C@@](O)(CO)C(F)(F)F)c1. The Kier molecular flexibility index (Phi) is 4.71. The predicted octanol–water partition coefficient (Wildman–Crippen LogP) is 2.65. The minimum atomic E-state index is -4.89. The molecule has 1 atom stereocenters. The van der Waals surface area contributed by atoms with Crippen LogP contribution < -0.4 is 4.74 Å². The predicted molar refractivity (Wildman–Crippen MR) is 68.7 cm³/mol. The molecule has 0 heterocycles. The molecular weight excluding hydrogens is 273 g/mol. The first-order valence-electron chi connectivity index (χ1n) is 6.10. The van der Waals surface area contributed by atoms with E-state index in [9.17, 15) is 18.3 Å². The second kappa shape index (κ2) is 5.61. The number of aliphatic hydroxyl groups excluding tert-OH is 1. The van der Waals surface area contributed by atoms with E-state index in [2.05, 4.69) is 0 Å². The molecule has 0 aliphatic rings. The van der Waals surface area contributed by atoms with Gasteiger partial charge in [0.25, 0.3) is 0 Å². The van der Waals surface area contributed by atoms with Gasteiger partial charge in [-0.3, -0.25) is 0 Å². The van der Waals surface area contributed by atoms with E-state index < -0.39 is 30.2 Å². The van der Waals surface area contributed by atoms with E-state index in [-0.39, 0.29) is 0 Å². The molecule has 0 bridgehead atoms. The second-order valence-electron chi connectivity index (χ2n) is 5.48. The van der Waals surface area contributed by atoms with Crippen LogP contribution in [0.4, 0.5) is 13.2 Å². The number of ether oxygens (including phenoxy) is 1. The maximum Gasteiger partial charge on any atom is 0.419 e. The van der Waals surface area contributed by atoms with E-state index in [0.717, 1.165) is 0 Å². The highest BCUT2D eigenvalue weighted by Gasteiger charge is 2.55. The highest BCUT2D eigenvalue weighted by molar-refractivity contribution is 5.33. The fourth-order valence-electron chi connectivity index (χ4n) is 2.12. The summed E-state index contributed by atoms with van der Waals surface area (Å²) in [5.41, 5.74) is -3.52. The number of hydrogen-bond acceptors (Lipinski definition) is 3. The molecule has 2 N–H and O–H groups in total. The summed E-state index contributed by atoms with van der Waals surface area (Å²) in [4.78, 5) is 0. The Hall–Kier alpha value is -1.27. The molecule has 1 aromatic rings. The van der Waals surface area contributed by atoms with Crippen molar-refractivity contribution in [3.05, 3.63) is 29.8 Å². The molecule has 0 aromatic heterocycles. The first kappa shape index (κ1) is 16.8. The minimum Gasteiger partial charge on any atom is -0.497 e. The highest BCUT2D eigenvalue weighted by Crippen LogP contribution is 2.41. The van der Waals surface area contributed by atoms with Crippen molar-refractivity contribution in [2.24, 2.45) is 0 Å². The zero-order valence-electron chi connectivity index (χ0n) is 11.7. The van der Waals surface area contributed by atoms with Gasteiger partial charge in [-0.05, 0) is 29.5 Å². The summed E-state index contributed by atoms with van der Waals surface area (Å²) in [6, 6.07) is 6.63. The zero-order chi connectivity index (χ0) is 15.6. The van der Waals surface area contributed by atoms with Gasteiger partial charge in [0.1, 0.15) is 5.75 Å². The first-order valence-corrected chi connectivity index (χ1v) is 6.10. The molecule has 0 aliphatic carbocycles. The van der Waals surface area contributed by atoms with Crippen molar-refractivity contribution in [1.82, 2.24) is 0 Å². The first-order chi connectivity index (χ1) is 9.05. The number of aliphatic hydroxyl groups is 2. The number of hydrogen-bond donors (Lipinski definition) is 2. The van der Waals surface area contributed by atoms with Gasteiger partial charge in [-0.25, -0.2) is 0 Å². The van der Waals surface area contributed by atoms with Crippen LogP contribution in [0.2, 0.25) is 0 Å². The summed E-state index contributed by atoms with van der Waals surface area (Å²) in [6.45, 7) is 1.78. The van der Waals surface area contributed by atoms with Gasteiger partial charge in [0.2, 0.25) is 0 Å². The normalized spacial score (nSPS) is 15.8.